The third-order valence-electron chi connectivity index (χ3n) is 5.11. The van der Waals surface area contributed by atoms with Crippen LogP contribution in [-0.2, 0) is 6.54 Å². The van der Waals surface area contributed by atoms with E-state index >= 15 is 0 Å². The van der Waals surface area contributed by atoms with Crippen molar-refractivity contribution < 1.29 is 0 Å². The molecular weight excluding hydrogens is 332 g/mol. The summed E-state index contributed by atoms with van der Waals surface area (Å²) in [5.41, 5.74) is 1.08. The van der Waals surface area contributed by atoms with E-state index in [-0.39, 0.29) is 0 Å². The van der Waals surface area contributed by atoms with E-state index in [1.165, 1.54) is 45.3 Å². The minimum atomic E-state index is 0.740. The molecule has 6 nitrogen and oxygen atoms in total. The molecule has 0 spiro atoms. The van der Waals surface area contributed by atoms with Gasteiger partial charge in [0.05, 0.1) is 12.2 Å². The molecule has 0 aliphatic carbocycles. The third-order valence-corrected chi connectivity index (χ3v) is 6.17. The lowest BCUT2D eigenvalue weighted by molar-refractivity contribution is 0.198. The first kappa shape index (κ1) is 18.5. The van der Waals surface area contributed by atoms with Crippen molar-refractivity contribution in [3.05, 3.63) is 11.1 Å². The van der Waals surface area contributed by atoms with Crippen LogP contribution in [0, 0.1) is 5.92 Å². The fourth-order valence-corrected chi connectivity index (χ4v) is 4.52. The fraction of sp³-hybridized carbons (Fsp3) is 0.778. The van der Waals surface area contributed by atoms with E-state index in [0.29, 0.717) is 0 Å². The lowest BCUT2D eigenvalue weighted by Gasteiger charge is -2.29. The molecule has 1 N–H and O–H groups in total. The molecule has 0 saturated carbocycles. The number of piperidine rings is 1. The largest absolute Gasteiger partial charge is 0.354 e. The van der Waals surface area contributed by atoms with E-state index in [2.05, 4.69) is 35.4 Å². The minimum Gasteiger partial charge on any atom is -0.354 e. The molecule has 0 aromatic carbocycles. The second-order valence-electron chi connectivity index (χ2n) is 7.38. The van der Waals surface area contributed by atoms with E-state index < -0.39 is 0 Å². The highest BCUT2D eigenvalue weighted by atomic mass is 32.1. The summed E-state index contributed by atoms with van der Waals surface area (Å²) in [5, 5.41) is 6.67. The van der Waals surface area contributed by atoms with Gasteiger partial charge in [0.25, 0.3) is 0 Å². The lowest BCUT2D eigenvalue weighted by Crippen LogP contribution is -2.41. The average Bonchev–Trinajstić information content (AvgIpc) is 3.26. The molecule has 1 aromatic rings. The highest BCUT2D eigenvalue weighted by Crippen LogP contribution is 2.21. The normalized spacial score (nSPS) is 22.4. The number of aromatic nitrogens is 1. The van der Waals surface area contributed by atoms with E-state index in [1.807, 2.05) is 21.1 Å². The fourth-order valence-electron chi connectivity index (χ4n) is 3.77. The molecule has 3 heterocycles. The molecule has 2 aliphatic heterocycles. The van der Waals surface area contributed by atoms with Crippen LogP contribution in [-0.4, -0.2) is 74.6 Å². The zero-order valence-electron chi connectivity index (χ0n) is 15.9. The van der Waals surface area contributed by atoms with E-state index in [9.17, 15) is 0 Å². The Morgan fingerprint density at radius 2 is 2.12 bits per heavy atom. The summed E-state index contributed by atoms with van der Waals surface area (Å²) < 4.78 is 0. The van der Waals surface area contributed by atoms with Crippen LogP contribution >= 0.6 is 11.3 Å². The molecule has 25 heavy (non-hydrogen) atoms. The van der Waals surface area contributed by atoms with Crippen LogP contribution < -0.4 is 10.2 Å². The SMILES string of the molecule is CN=C(NCc1csc(N(C)C)n1)N1CCC(CN2CCCCC2)C1. The van der Waals surface area contributed by atoms with Gasteiger partial charge in [0, 0.05) is 46.2 Å². The van der Waals surface area contributed by atoms with Crippen LogP contribution in [0.2, 0.25) is 0 Å². The summed E-state index contributed by atoms with van der Waals surface area (Å²) in [6, 6.07) is 0. The van der Waals surface area contributed by atoms with Crippen molar-refractivity contribution >= 4 is 22.4 Å². The van der Waals surface area contributed by atoms with E-state index in [0.717, 1.165) is 42.3 Å². The number of thiazole rings is 1. The van der Waals surface area contributed by atoms with Gasteiger partial charge in [-0.25, -0.2) is 4.98 Å². The molecule has 3 rings (SSSR count). The van der Waals surface area contributed by atoms with Crippen LogP contribution in [0.3, 0.4) is 0 Å². The molecule has 7 heteroatoms. The van der Waals surface area contributed by atoms with Crippen LogP contribution in [0.5, 0.6) is 0 Å². The number of nitrogens with one attached hydrogen (secondary N) is 1. The van der Waals surface area contributed by atoms with Crippen molar-refractivity contribution in [3.63, 3.8) is 0 Å². The lowest BCUT2D eigenvalue weighted by atomic mass is 10.1. The van der Waals surface area contributed by atoms with Crippen LogP contribution in [0.15, 0.2) is 10.4 Å². The number of rotatable bonds is 5. The molecule has 1 unspecified atom stereocenters. The summed E-state index contributed by atoms with van der Waals surface area (Å²) in [7, 11) is 5.94. The van der Waals surface area contributed by atoms with Gasteiger partial charge in [0.2, 0.25) is 0 Å². The molecule has 2 fully saturated rings. The standard InChI is InChI=1S/C18H32N6S/c1-19-17(20-11-16-14-25-18(21-16)22(2)3)24-10-7-15(13-24)12-23-8-5-4-6-9-23/h14-15H,4-13H2,1-3H3,(H,19,20). The molecule has 1 aromatic heterocycles. The molecule has 140 valence electrons. The van der Waals surface area contributed by atoms with Crippen molar-refractivity contribution in [3.8, 4) is 0 Å². The summed E-state index contributed by atoms with van der Waals surface area (Å²) in [6.45, 7) is 6.81. The first-order valence-electron chi connectivity index (χ1n) is 9.45. The van der Waals surface area contributed by atoms with Gasteiger partial charge in [-0.05, 0) is 38.3 Å². The summed E-state index contributed by atoms with van der Waals surface area (Å²) in [6.07, 6.45) is 5.44. The highest BCUT2D eigenvalue weighted by Gasteiger charge is 2.27. The number of aliphatic imine (C=N–C) groups is 1. The summed E-state index contributed by atoms with van der Waals surface area (Å²) in [4.78, 5) is 16.2. The zero-order chi connectivity index (χ0) is 17.6. The average molecular weight is 365 g/mol. The smallest absolute Gasteiger partial charge is 0.193 e. The summed E-state index contributed by atoms with van der Waals surface area (Å²) in [5.74, 6) is 1.79. The number of anilines is 1. The molecule has 1 atom stereocenters. The van der Waals surface area contributed by atoms with Crippen LogP contribution in [0.4, 0.5) is 5.13 Å². The van der Waals surface area contributed by atoms with Crippen molar-refractivity contribution in [2.75, 3.05) is 58.8 Å². The Morgan fingerprint density at radius 1 is 1.32 bits per heavy atom. The second kappa shape index (κ2) is 8.85. The van der Waals surface area contributed by atoms with Gasteiger partial charge in [0.15, 0.2) is 11.1 Å². The third kappa shape index (κ3) is 5.07. The predicted octanol–water partition coefficient (Wildman–Crippen LogP) is 2.09. The summed E-state index contributed by atoms with van der Waals surface area (Å²) >= 11 is 1.68. The first-order chi connectivity index (χ1) is 12.2. The van der Waals surface area contributed by atoms with Crippen molar-refractivity contribution in [2.24, 2.45) is 10.9 Å². The van der Waals surface area contributed by atoms with Gasteiger partial charge >= 0.3 is 0 Å². The van der Waals surface area contributed by atoms with Crippen molar-refractivity contribution in [1.82, 2.24) is 20.1 Å². The number of guanidine groups is 1. The van der Waals surface area contributed by atoms with E-state index in [4.69, 9.17) is 0 Å². The van der Waals surface area contributed by atoms with Crippen LogP contribution in [0.1, 0.15) is 31.4 Å². The Kier molecular flexibility index (Phi) is 6.53. The Labute approximate surface area is 155 Å². The number of nitrogens with zero attached hydrogens (tertiary/aromatic N) is 5. The van der Waals surface area contributed by atoms with Gasteiger partial charge in [-0.2, -0.15) is 0 Å². The molecule has 0 radical (unpaired) electrons. The van der Waals surface area contributed by atoms with Gasteiger partial charge < -0.3 is 20.0 Å². The Balaban J connectivity index is 1.46. The van der Waals surface area contributed by atoms with Gasteiger partial charge in [-0.1, -0.05) is 6.42 Å². The molecule has 0 bridgehead atoms. The first-order valence-corrected chi connectivity index (χ1v) is 10.3. The van der Waals surface area contributed by atoms with Crippen molar-refractivity contribution in [2.45, 2.75) is 32.2 Å². The Hall–Kier alpha value is -1.34. The van der Waals surface area contributed by atoms with Crippen LogP contribution in [0.25, 0.3) is 0 Å². The Bertz CT molecular complexity index is 564. The maximum absolute atomic E-state index is 4.64. The number of hydrogen-bond donors (Lipinski definition) is 1. The number of hydrogen-bond acceptors (Lipinski definition) is 5. The predicted molar refractivity (Wildman–Crippen MR) is 107 cm³/mol. The monoisotopic (exact) mass is 364 g/mol. The van der Waals surface area contributed by atoms with Gasteiger partial charge in [-0.3, -0.25) is 4.99 Å². The maximum Gasteiger partial charge on any atom is 0.193 e. The van der Waals surface area contributed by atoms with Gasteiger partial charge in [0.1, 0.15) is 0 Å². The zero-order valence-corrected chi connectivity index (χ0v) is 16.7. The van der Waals surface area contributed by atoms with Gasteiger partial charge in [-0.15, -0.1) is 11.3 Å². The Morgan fingerprint density at radius 3 is 2.80 bits per heavy atom. The molecule has 2 aliphatic rings. The topological polar surface area (TPSA) is 47.0 Å². The van der Waals surface area contributed by atoms with Crippen molar-refractivity contribution in [1.29, 1.82) is 0 Å². The quantitative estimate of drug-likeness (QED) is 0.640. The van der Waals surface area contributed by atoms with E-state index in [1.54, 1.807) is 11.3 Å². The molecule has 0 amide bonds. The minimum absolute atomic E-state index is 0.740. The number of likely N-dealkylation sites (tertiary alicyclic amines) is 2. The second-order valence-corrected chi connectivity index (χ2v) is 8.22. The highest BCUT2D eigenvalue weighted by molar-refractivity contribution is 7.13. The molecule has 2 saturated heterocycles. The maximum atomic E-state index is 4.64. The molecular formula is C18H32N6S.